The summed E-state index contributed by atoms with van der Waals surface area (Å²) in [6, 6.07) is 9.73. The standard InChI is InChI=1S/C45H75N2/c1-9-14-18-21-23-26-30-43-36-44(35-42(28-17-12-4)45(43)31-27-24-22-19-15-10-2)46-47(8)37(6)32-39-33-40(13-5)38(7)41(34-39)29-25-20-16-11-3/h32-36H,9-31H2,1-8H3/q+1. The topological polar surface area (TPSA) is 15.4 Å². The molecule has 0 aromatic heterocycles. The van der Waals surface area contributed by atoms with Crippen LogP contribution in [-0.4, -0.2) is 11.7 Å². The second-order valence-corrected chi connectivity index (χ2v) is 14.4. The van der Waals surface area contributed by atoms with E-state index in [0.29, 0.717) is 0 Å². The van der Waals surface area contributed by atoms with Gasteiger partial charge in [-0.25, -0.2) is 0 Å². The summed E-state index contributed by atoms with van der Waals surface area (Å²) in [6.07, 6.45) is 32.2. The first-order chi connectivity index (χ1) is 22.9. The Morgan fingerprint density at radius 3 is 1.55 bits per heavy atom. The third kappa shape index (κ3) is 15.7. The molecule has 0 saturated carbocycles. The quantitative estimate of drug-likeness (QED) is 0.0551. The molecule has 0 bridgehead atoms. The SMILES string of the molecule is CCCCCCCCc1cc(N=[N+](C)C(C)=Cc2cc(CC)c(C)c(CCCCCC)c2)cc(CCCC)c1CCCCCCCC. The van der Waals surface area contributed by atoms with Crippen LogP contribution in [0.2, 0.25) is 0 Å². The van der Waals surface area contributed by atoms with Crippen molar-refractivity contribution >= 4 is 11.8 Å². The van der Waals surface area contributed by atoms with Crippen LogP contribution in [0.1, 0.15) is 196 Å². The number of nitrogens with zero attached hydrogens (tertiary/aromatic N) is 2. The van der Waals surface area contributed by atoms with E-state index in [1.165, 1.54) is 169 Å². The molecule has 0 unspecified atom stereocenters. The molecular weight excluding hydrogens is 569 g/mol. The molecule has 264 valence electrons. The number of allylic oxidation sites excluding steroid dienone is 1. The minimum absolute atomic E-state index is 1.09. The summed E-state index contributed by atoms with van der Waals surface area (Å²) in [6.45, 7) is 16.1. The van der Waals surface area contributed by atoms with E-state index in [1.807, 2.05) is 0 Å². The summed E-state index contributed by atoms with van der Waals surface area (Å²) in [4.78, 5) is 0. The maximum Gasteiger partial charge on any atom is 0.205 e. The largest absolute Gasteiger partial charge is 0.205 e. The van der Waals surface area contributed by atoms with Crippen LogP contribution >= 0.6 is 0 Å². The first kappa shape index (κ1) is 41.0. The molecule has 2 aromatic rings. The highest BCUT2D eigenvalue weighted by molar-refractivity contribution is 5.55. The minimum Gasteiger partial charge on any atom is -0.0909 e. The van der Waals surface area contributed by atoms with Crippen LogP contribution in [0.3, 0.4) is 0 Å². The number of rotatable bonds is 26. The molecule has 0 N–H and O–H groups in total. The summed E-state index contributed by atoms with van der Waals surface area (Å²) in [7, 11) is 2.13. The van der Waals surface area contributed by atoms with Crippen molar-refractivity contribution in [3.63, 3.8) is 0 Å². The normalized spacial score (nSPS) is 12.3. The van der Waals surface area contributed by atoms with E-state index in [4.69, 9.17) is 5.11 Å². The van der Waals surface area contributed by atoms with E-state index in [1.54, 1.807) is 16.7 Å². The van der Waals surface area contributed by atoms with Gasteiger partial charge in [0.05, 0.1) is 0 Å². The third-order valence-corrected chi connectivity index (χ3v) is 10.3. The third-order valence-electron chi connectivity index (χ3n) is 10.3. The second kappa shape index (κ2) is 24.9. The molecule has 2 heteroatoms. The Morgan fingerprint density at radius 2 is 1.00 bits per heavy atom. The van der Waals surface area contributed by atoms with E-state index >= 15 is 0 Å². The molecule has 2 aromatic carbocycles. The van der Waals surface area contributed by atoms with Gasteiger partial charge in [-0.1, -0.05) is 141 Å². The fourth-order valence-corrected chi connectivity index (χ4v) is 7.06. The number of unbranched alkanes of at least 4 members (excludes halogenated alkanes) is 14. The van der Waals surface area contributed by atoms with Gasteiger partial charge in [-0.05, 0) is 121 Å². The van der Waals surface area contributed by atoms with Gasteiger partial charge >= 0.3 is 0 Å². The lowest BCUT2D eigenvalue weighted by Crippen LogP contribution is -2.04. The summed E-state index contributed by atoms with van der Waals surface area (Å²) < 4.78 is 2.12. The smallest absolute Gasteiger partial charge is 0.0909 e. The lowest BCUT2D eigenvalue weighted by molar-refractivity contribution is -0.510. The van der Waals surface area contributed by atoms with E-state index < -0.39 is 0 Å². The van der Waals surface area contributed by atoms with Gasteiger partial charge < -0.3 is 0 Å². The van der Waals surface area contributed by atoms with Crippen molar-refractivity contribution in [1.29, 1.82) is 0 Å². The van der Waals surface area contributed by atoms with E-state index in [2.05, 4.69) is 90.6 Å². The van der Waals surface area contributed by atoms with Crippen molar-refractivity contribution < 1.29 is 4.70 Å². The minimum atomic E-state index is 1.09. The second-order valence-electron chi connectivity index (χ2n) is 14.4. The number of hydrogen-bond acceptors (Lipinski definition) is 1. The lowest BCUT2D eigenvalue weighted by atomic mass is 9.89. The molecule has 0 fully saturated rings. The van der Waals surface area contributed by atoms with E-state index in [-0.39, 0.29) is 0 Å². The molecular formula is C45H75N2+. The molecule has 47 heavy (non-hydrogen) atoms. The van der Waals surface area contributed by atoms with Crippen molar-refractivity contribution in [2.24, 2.45) is 5.11 Å². The van der Waals surface area contributed by atoms with Crippen molar-refractivity contribution in [3.8, 4) is 0 Å². The van der Waals surface area contributed by atoms with Crippen LogP contribution < -0.4 is 0 Å². The molecule has 2 nitrogen and oxygen atoms in total. The lowest BCUT2D eigenvalue weighted by Gasteiger charge is -2.16. The van der Waals surface area contributed by atoms with E-state index in [0.717, 1.165) is 12.1 Å². The van der Waals surface area contributed by atoms with Gasteiger partial charge in [0.1, 0.15) is 5.69 Å². The van der Waals surface area contributed by atoms with E-state index in [9.17, 15) is 0 Å². The Kier molecular flexibility index (Phi) is 21.7. The van der Waals surface area contributed by atoms with Gasteiger partial charge in [0.25, 0.3) is 0 Å². The maximum absolute atomic E-state index is 5.24. The summed E-state index contributed by atoms with van der Waals surface area (Å²) in [5.41, 5.74) is 13.0. The molecule has 2 rings (SSSR count). The van der Waals surface area contributed by atoms with Gasteiger partial charge in [-0.2, -0.15) is 0 Å². The van der Waals surface area contributed by atoms with Crippen LogP contribution in [0, 0.1) is 6.92 Å². The predicted molar refractivity (Wildman–Crippen MR) is 210 cm³/mol. The Bertz CT molecular complexity index is 1200. The van der Waals surface area contributed by atoms with Crippen molar-refractivity contribution in [3.05, 3.63) is 68.9 Å². The Hall–Kier alpha value is -2.22. The molecule has 0 atom stereocenters. The number of hydrogen-bond donors (Lipinski definition) is 0. The zero-order chi connectivity index (χ0) is 34.3. The monoisotopic (exact) mass is 644 g/mol. The highest BCUT2D eigenvalue weighted by atomic mass is 15.2. The average molecular weight is 644 g/mol. The average Bonchev–Trinajstić information content (AvgIpc) is 3.07. The molecule has 0 aliphatic heterocycles. The zero-order valence-corrected chi connectivity index (χ0v) is 32.5. The molecule has 0 amide bonds. The van der Waals surface area contributed by atoms with Gasteiger partial charge in [-0.15, -0.1) is 0 Å². The van der Waals surface area contributed by atoms with Crippen LogP contribution in [0.15, 0.2) is 35.1 Å². The number of aryl methyl sites for hydroxylation is 4. The Morgan fingerprint density at radius 1 is 0.553 bits per heavy atom. The number of benzene rings is 2. The molecule has 0 heterocycles. The van der Waals surface area contributed by atoms with Crippen LogP contribution in [0.25, 0.3) is 6.08 Å². The molecule has 0 aliphatic rings. The number of azo groups is 2. The van der Waals surface area contributed by atoms with Crippen molar-refractivity contribution in [1.82, 2.24) is 0 Å². The van der Waals surface area contributed by atoms with Crippen LogP contribution in [-0.2, 0) is 32.1 Å². The Labute approximate surface area is 292 Å². The van der Waals surface area contributed by atoms with Crippen LogP contribution in [0.4, 0.5) is 5.69 Å². The molecule has 0 radical (unpaired) electrons. The summed E-state index contributed by atoms with van der Waals surface area (Å²) >= 11 is 0. The van der Waals surface area contributed by atoms with Gasteiger partial charge in [0, 0.05) is 13.0 Å². The molecule has 0 aliphatic carbocycles. The van der Waals surface area contributed by atoms with Crippen molar-refractivity contribution in [2.75, 3.05) is 7.05 Å². The maximum atomic E-state index is 5.24. The first-order valence-corrected chi connectivity index (χ1v) is 20.3. The van der Waals surface area contributed by atoms with Gasteiger partial charge in [0.15, 0.2) is 7.05 Å². The highest BCUT2D eigenvalue weighted by Gasteiger charge is 2.15. The zero-order valence-electron chi connectivity index (χ0n) is 32.5. The van der Waals surface area contributed by atoms with Crippen LogP contribution in [0.5, 0.6) is 0 Å². The predicted octanol–water partition coefficient (Wildman–Crippen LogP) is 14.6. The Balaban J connectivity index is 2.38. The summed E-state index contributed by atoms with van der Waals surface area (Å²) in [5.74, 6) is 0. The fourth-order valence-electron chi connectivity index (χ4n) is 7.06. The fraction of sp³-hybridized carbons (Fsp3) is 0.689. The molecule has 0 spiro atoms. The molecule has 0 saturated heterocycles. The highest BCUT2D eigenvalue weighted by Crippen LogP contribution is 2.29. The van der Waals surface area contributed by atoms with Crippen molar-refractivity contribution in [2.45, 2.75) is 196 Å². The summed E-state index contributed by atoms with van der Waals surface area (Å²) in [5, 5.41) is 5.24. The first-order valence-electron chi connectivity index (χ1n) is 20.3. The van der Waals surface area contributed by atoms with Gasteiger partial charge in [-0.3, -0.25) is 0 Å². The van der Waals surface area contributed by atoms with Gasteiger partial charge in [0.2, 0.25) is 5.70 Å².